The molecule has 5 heterocycles. The van der Waals surface area contributed by atoms with E-state index in [0.717, 1.165) is 12.8 Å². The zero-order valence-electron chi connectivity index (χ0n) is 25.7. The van der Waals surface area contributed by atoms with Crippen molar-refractivity contribution in [3.63, 3.8) is 0 Å². The van der Waals surface area contributed by atoms with E-state index < -0.39 is 6.04 Å². The van der Waals surface area contributed by atoms with Gasteiger partial charge in [-0.1, -0.05) is 38.5 Å². The number of nitrogens with one attached hydrogen (secondary N) is 8. The van der Waals surface area contributed by atoms with E-state index in [-0.39, 0.29) is 47.6 Å². The molecule has 0 amide bonds. The topological polar surface area (TPSA) is 139 Å². The zero-order chi connectivity index (χ0) is 28.7. The van der Waals surface area contributed by atoms with Gasteiger partial charge in [0.15, 0.2) is 0 Å². The Morgan fingerprint density at radius 1 is 0.372 bits per heavy atom. The fraction of sp³-hybridized carbons (Fsp3) is 1.00. The molecule has 0 aromatic heterocycles. The summed E-state index contributed by atoms with van der Waals surface area (Å²) in [5, 5.41) is 45.2. The summed E-state index contributed by atoms with van der Waals surface area (Å²) in [6, 6.07) is -0.480. The average molecular weight is 598 g/mol. The van der Waals surface area contributed by atoms with Crippen LogP contribution in [-0.4, -0.2) is 60.3 Å². The first-order chi connectivity index (χ1) is 21.1. The number of nitro groups is 1. The molecule has 9 aliphatic rings. The van der Waals surface area contributed by atoms with Crippen LogP contribution in [0.4, 0.5) is 0 Å². The standard InChI is InChI=1S/C32H55N9O2/c42-41(43)23-15-7-14-22-24(23)32-39-30-21-13-6-5-12-20(21)28(37-30)35-26-17-9-2-1-8-16(17)25(33-26)34-27-18-10-3-4-11-19(18)29(36-27)38-31(22)40-32/h16-40H,1-15H2. The molecule has 240 valence electrons. The van der Waals surface area contributed by atoms with E-state index in [1.165, 1.54) is 77.0 Å². The van der Waals surface area contributed by atoms with Crippen LogP contribution >= 0.6 is 0 Å². The Morgan fingerprint density at radius 2 is 0.651 bits per heavy atom. The van der Waals surface area contributed by atoms with Crippen molar-refractivity contribution in [2.75, 3.05) is 0 Å². The van der Waals surface area contributed by atoms with Crippen molar-refractivity contribution in [3.05, 3.63) is 10.1 Å². The van der Waals surface area contributed by atoms with E-state index in [0.29, 0.717) is 60.4 Å². The van der Waals surface area contributed by atoms with Gasteiger partial charge in [0, 0.05) is 11.3 Å². The number of rotatable bonds is 1. The van der Waals surface area contributed by atoms with Crippen LogP contribution in [0.1, 0.15) is 96.3 Å². The molecular weight excluding hydrogens is 542 g/mol. The minimum Gasteiger partial charge on any atom is -0.286 e. The first-order valence-corrected chi connectivity index (χ1v) is 18.3. The lowest BCUT2D eigenvalue weighted by Crippen LogP contribution is -2.62. The lowest BCUT2D eigenvalue weighted by molar-refractivity contribution is -0.538. The third kappa shape index (κ3) is 4.82. The molecule has 4 aliphatic carbocycles. The molecular formula is C32H55N9O2. The Bertz CT molecular complexity index is 1050. The Morgan fingerprint density at radius 3 is 0.977 bits per heavy atom. The molecule has 11 heteroatoms. The van der Waals surface area contributed by atoms with Gasteiger partial charge in [0.05, 0.1) is 55.2 Å². The molecule has 0 aromatic carbocycles. The SMILES string of the molecule is O=[N+]([O-])C1CCCC2C3NC4NC(NC5NC(NC6NC(NC(N3)C21)C1CCCCC61)C1CCCCC51)C1CCCCC41. The second kappa shape index (κ2) is 11.4. The fourth-order valence-corrected chi connectivity index (χ4v) is 12.3. The van der Waals surface area contributed by atoms with E-state index in [1.807, 2.05) is 0 Å². The highest BCUT2D eigenvalue weighted by atomic mass is 16.6. The van der Waals surface area contributed by atoms with Crippen LogP contribution in [0.25, 0.3) is 0 Å². The fourth-order valence-electron chi connectivity index (χ4n) is 12.3. The minimum atomic E-state index is -0.480. The predicted molar refractivity (Wildman–Crippen MR) is 163 cm³/mol. The molecule has 8 bridgehead atoms. The van der Waals surface area contributed by atoms with Crippen LogP contribution in [0.3, 0.4) is 0 Å². The summed E-state index contributed by atoms with van der Waals surface area (Å²) in [4.78, 5) is 12.5. The second-order valence-corrected chi connectivity index (χ2v) is 16.0. The molecule has 11 nitrogen and oxygen atoms in total. The number of hydrogen-bond donors (Lipinski definition) is 8. The Balaban J connectivity index is 1.07. The highest BCUT2D eigenvalue weighted by Gasteiger charge is 2.57. The van der Waals surface area contributed by atoms with Crippen LogP contribution in [0.5, 0.6) is 0 Å². The van der Waals surface area contributed by atoms with Crippen LogP contribution in [0.15, 0.2) is 0 Å². The maximum absolute atomic E-state index is 12.4. The lowest BCUT2D eigenvalue weighted by Gasteiger charge is -2.36. The molecule has 17 atom stereocenters. The summed E-state index contributed by atoms with van der Waals surface area (Å²) in [6.45, 7) is 0. The van der Waals surface area contributed by atoms with E-state index in [2.05, 4.69) is 42.5 Å². The van der Waals surface area contributed by atoms with Crippen LogP contribution < -0.4 is 42.5 Å². The average Bonchev–Trinajstić information content (AvgIpc) is 3.76. The molecule has 5 aliphatic heterocycles. The van der Waals surface area contributed by atoms with Crippen molar-refractivity contribution in [2.24, 2.45) is 47.3 Å². The number of nitrogens with zero attached hydrogens (tertiary/aromatic N) is 1. The van der Waals surface area contributed by atoms with E-state index in [9.17, 15) is 10.1 Å². The number of fused-ring (bicyclic) bond motifs is 20. The van der Waals surface area contributed by atoms with Gasteiger partial charge in [-0.05, 0) is 92.8 Å². The van der Waals surface area contributed by atoms with Crippen LogP contribution in [0.2, 0.25) is 0 Å². The number of hydrogen-bond acceptors (Lipinski definition) is 10. The van der Waals surface area contributed by atoms with E-state index >= 15 is 0 Å². The largest absolute Gasteiger partial charge is 0.286 e. The highest BCUT2D eigenvalue weighted by Crippen LogP contribution is 2.46. The molecule has 4 saturated carbocycles. The monoisotopic (exact) mass is 597 g/mol. The summed E-state index contributed by atoms with van der Waals surface area (Å²) in [6.07, 6.45) is 20.0. The first kappa shape index (κ1) is 28.3. The second-order valence-electron chi connectivity index (χ2n) is 16.0. The summed E-state index contributed by atoms with van der Waals surface area (Å²) >= 11 is 0. The first-order valence-electron chi connectivity index (χ1n) is 18.3. The molecule has 9 rings (SSSR count). The van der Waals surface area contributed by atoms with Crippen molar-refractivity contribution in [1.82, 2.24) is 42.5 Å². The third-order valence-corrected chi connectivity index (χ3v) is 14.1. The lowest BCUT2D eigenvalue weighted by atomic mass is 9.75. The maximum Gasteiger partial charge on any atom is 0.219 e. The van der Waals surface area contributed by atoms with Gasteiger partial charge < -0.3 is 0 Å². The van der Waals surface area contributed by atoms with Crippen LogP contribution in [-0.2, 0) is 0 Å². The normalized spacial score (nSPS) is 56.0. The zero-order valence-corrected chi connectivity index (χ0v) is 25.7. The molecule has 43 heavy (non-hydrogen) atoms. The van der Waals surface area contributed by atoms with Gasteiger partial charge in [0.2, 0.25) is 6.04 Å². The van der Waals surface area contributed by atoms with Crippen molar-refractivity contribution in [1.29, 1.82) is 0 Å². The van der Waals surface area contributed by atoms with Gasteiger partial charge >= 0.3 is 0 Å². The minimum absolute atomic E-state index is 0.00550. The smallest absolute Gasteiger partial charge is 0.219 e. The maximum atomic E-state index is 12.4. The predicted octanol–water partition coefficient (Wildman–Crippen LogP) is 1.86. The van der Waals surface area contributed by atoms with Gasteiger partial charge in [-0.3, -0.25) is 52.6 Å². The quantitative estimate of drug-likeness (QED) is 0.167. The van der Waals surface area contributed by atoms with E-state index in [4.69, 9.17) is 0 Å². The van der Waals surface area contributed by atoms with Gasteiger partial charge in [0.25, 0.3) is 0 Å². The molecule has 0 radical (unpaired) electrons. The third-order valence-electron chi connectivity index (χ3n) is 14.1. The Kier molecular flexibility index (Phi) is 7.51. The molecule has 8 N–H and O–H groups in total. The Labute approximate surface area is 256 Å². The van der Waals surface area contributed by atoms with Gasteiger partial charge in [-0.25, -0.2) is 0 Å². The van der Waals surface area contributed by atoms with Crippen molar-refractivity contribution in [3.8, 4) is 0 Å². The summed E-state index contributed by atoms with van der Waals surface area (Å²) in [7, 11) is 0. The molecule has 0 aromatic rings. The highest BCUT2D eigenvalue weighted by molar-refractivity contribution is 5.09. The Hall–Kier alpha value is -0.920. The summed E-state index contributed by atoms with van der Waals surface area (Å²) < 4.78 is 0. The van der Waals surface area contributed by atoms with E-state index in [1.54, 1.807) is 0 Å². The van der Waals surface area contributed by atoms with Crippen molar-refractivity contribution >= 4 is 0 Å². The molecule has 17 unspecified atom stereocenters. The van der Waals surface area contributed by atoms with Gasteiger partial charge in [-0.2, -0.15) is 0 Å². The molecule has 0 spiro atoms. The molecule has 5 saturated heterocycles. The van der Waals surface area contributed by atoms with Crippen molar-refractivity contribution < 1.29 is 4.92 Å². The van der Waals surface area contributed by atoms with Gasteiger partial charge in [0.1, 0.15) is 0 Å². The van der Waals surface area contributed by atoms with Crippen LogP contribution in [0, 0.1) is 57.5 Å². The van der Waals surface area contributed by atoms with Crippen molar-refractivity contribution in [2.45, 2.75) is 152 Å². The summed E-state index contributed by atoms with van der Waals surface area (Å²) in [5.74, 6) is 4.00. The summed E-state index contributed by atoms with van der Waals surface area (Å²) in [5.41, 5.74) is 0. The van der Waals surface area contributed by atoms with Gasteiger partial charge in [-0.15, -0.1) is 0 Å². The molecule has 9 fully saturated rings.